The highest BCUT2D eigenvalue weighted by Gasteiger charge is 2.12. The number of ether oxygens (including phenoxy) is 2. The molecule has 0 heterocycles. The van der Waals surface area contributed by atoms with E-state index >= 15 is 0 Å². The topological polar surface area (TPSA) is 47.6 Å². The van der Waals surface area contributed by atoms with E-state index in [2.05, 4.69) is 35.1 Å². The molecular formula is C19H21BrClNO3. The van der Waals surface area contributed by atoms with Gasteiger partial charge in [0.25, 0.3) is 5.91 Å². The summed E-state index contributed by atoms with van der Waals surface area (Å²) in [6.45, 7) is 6.00. The first-order valence-electron chi connectivity index (χ1n) is 7.88. The molecule has 0 aliphatic rings. The van der Waals surface area contributed by atoms with Crippen molar-refractivity contribution in [3.63, 3.8) is 0 Å². The summed E-state index contributed by atoms with van der Waals surface area (Å²) in [6.07, 6.45) is 0. The monoisotopic (exact) mass is 425 g/mol. The van der Waals surface area contributed by atoms with Gasteiger partial charge < -0.3 is 14.8 Å². The van der Waals surface area contributed by atoms with Gasteiger partial charge in [-0.25, -0.2) is 0 Å². The molecule has 2 rings (SSSR count). The standard InChI is InChI=1S/C19H21BrClNO3/c1-11(2)13-5-6-17(14(20)8-13)25-10-19(23)22-16-7-12(3)15(21)9-18(16)24-4/h5-9,11H,10H2,1-4H3,(H,22,23). The predicted molar refractivity (Wildman–Crippen MR) is 105 cm³/mol. The molecule has 0 fully saturated rings. The van der Waals surface area contributed by atoms with Crippen LogP contribution in [-0.4, -0.2) is 19.6 Å². The van der Waals surface area contributed by atoms with Gasteiger partial charge in [0, 0.05) is 11.1 Å². The zero-order chi connectivity index (χ0) is 18.6. The summed E-state index contributed by atoms with van der Waals surface area (Å²) in [7, 11) is 1.53. The van der Waals surface area contributed by atoms with Gasteiger partial charge in [0.1, 0.15) is 11.5 Å². The van der Waals surface area contributed by atoms with Gasteiger partial charge in [-0.2, -0.15) is 0 Å². The minimum atomic E-state index is -0.278. The van der Waals surface area contributed by atoms with E-state index in [1.165, 1.54) is 12.7 Å². The molecule has 0 aliphatic carbocycles. The third-order valence-corrected chi connectivity index (χ3v) is 4.76. The van der Waals surface area contributed by atoms with Crippen molar-refractivity contribution >= 4 is 39.1 Å². The molecular weight excluding hydrogens is 406 g/mol. The highest BCUT2D eigenvalue weighted by atomic mass is 79.9. The molecule has 2 aromatic rings. The van der Waals surface area contributed by atoms with Gasteiger partial charge in [0.2, 0.25) is 0 Å². The fourth-order valence-corrected chi connectivity index (χ4v) is 2.92. The Bertz CT molecular complexity index is 778. The maximum absolute atomic E-state index is 12.2. The number of halogens is 2. The van der Waals surface area contributed by atoms with Crippen LogP contribution in [0.3, 0.4) is 0 Å². The van der Waals surface area contributed by atoms with Gasteiger partial charge in [-0.05, 0) is 58.1 Å². The smallest absolute Gasteiger partial charge is 0.262 e. The summed E-state index contributed by atoms with van der Waals surface area (Å²) in [6, 6.07) is 9.30. The van der Waals surface area contributed by atoms with Crippen LogP contribution in [0, 0.1) is 6.92 Å². The van der Waals surface area contributed by atoms with E-state index in [1.807, 2.05) is 25.1 Å². The number of methoxy groups -OCH3 is 1. The Kier molecular flexibility index (Phi) is 6.73. The Morgan fingerprint density at radius 1 is 1.24 bits per heavy atom. The normalized spacial score (nSPS) is 10.7. The average Bonchev–Trinajstić information content (AvgIpc) is 2.56. The van der Waals surface area contributed by atoms with Gasteiger partial charge in [0.05, 0.1) is 17.3 Å². The van der Waals surface area contributed by atoms with Gasteiger partial charge in [-0.15, -0.1) is 0 Å². The van der Waals surface area contributed by atoms with E-state index in [1.54, 1.807) is 12.1 Å². The Labute approximate surface area is 161 Å². The molecule has 0 saturated heterocycles. The van der Waals surface area contributed by atoms with Gasteiger partial charge in [-0.1, -0.05) is 31.5 Å². The number of carbonyl (C=O) groups is 1. The second-order valence-electron chi connectivity index (χ2n) is 5.98. The molecule has 0 saturated carbocycles. The highest BCUT2D eigenvalue weighted by molar-refractivity contribution is 9.10. The van der Waals surface area contributed by atoms with Crippen molar-refractivity contribution in [3.05, 3.63) is 51.0 Å². The van der Waals surface area contributed by atoms with E-state index < -0.39 is 0 Å². The summed E-state index contributed by atoms with van der Waals surface area (Å²) < 4.78 is 11.7. The number of benzene rings is 2. The van der Waals surface area contributed by atoms with E-state index in [0.717, 1.165) is 10.0 Å². The van der Waals surface area contributed by atoms with Crippen molar-refractivity contribution in [1.29, 1.82) is 0 Å². The van der Waals surface area contributed by atoms with Gasteiger partial charge in [-0.3, -0.25) is 4.79 Å². The summed E-state index contributed by atoms with van der Waals surface area (Å²) in [5, 5.41) is 3.37. The van der Waals surface area contributed by atoms with Crippen LogP contribution < -0.4 is 14.8 Å². The average molecular weight is 427 g/mol. The fraction of sp³-hybridized carbons (Fsp3) is 0.316. The molecule has 0 bridgehead atoms. The Hall–Kier alpha value is -1.72. The van der Waals surface area contributed by atoms with Crippen LogP contribution in [0.1, 0.15) is 30.9 Å². The predicted octanol–water partition coefficient (Wildman–Crippen LogP) is 5.56. The number of rotatable bonds is 6. The Morgan fingerprint density at radius 2 is 1.96 bits per heavy atom. The van der Waals surface area contributed by atoms with E-state index in [9.17, 15) is 4.79 Å². The van der Waals surface area contributed by atoms with Crippen LogP contribution in [0.25, 0.3) is 0 Å². The summed E-state index contributed by atoms with van der Waals surface area (Å²) in [5.74, 6) is 1.28. The summed E-state index contributed by atoms with van der Waals surface area (Å²) in [5.41, 5.74) is 2.61. The lowest BCUT2D eigenvalue weighted by atomic mass is 10.0. The summed E-state index contributed by atoms with van der Waals surface area (Å²) >= 11 is 9.55. The first kappa shape index (κ1) is 19.6. The van der Waals surface area contributed by atoms with E-state index in [0.29, 0.717) is 28.1 Å². The molecule has 25 heavy (non-hydrogen) atoms. The van der Waals surface area contributed by atoms with Crippen molar-refractivity contribution in [2.75, 3.05) is 19.0 Å². The molecule has 0 spiro atoms. The van der Waals surface area contributed by atoms with Crippen LogP contribution >= 0.6 is 27.5 Å². The molecule has 0 atom stereocenters. The lowest BCUT2D eigenvalue weighted by Gasteiger charge is -2.14. The minimum absolute atomic E-state index is 0.107. The van der Waals surface area contributed by atoms with Crippen LogP contribution in [0.5, 0.6) is 11.5 Å². The van der Waals surface area contributed by atoms with Crippen LogP contribution in [0.4, 0.5) is 5.69 Å². The third kappa shape index (κ3) is 5.13. The maximum Gasteiger partial charge on any atom is 0.262 e. The van der Waals surface area contributed by atoms with Crippen molar-refractivity contribution in [2.45, 2.75) is 26.7 Å². The molecule has 0 aromatic heterocycles. The number of amides is 1. The lowest BCUT2D eigenvalue weighted by Crippen LogP contribution is -2.20. The van der Waals surface area contributed by atoms with Gasteiger partial charge in [0.15, 0.2) is 6.61 Å². The fourth-order valence-electron chi connectivity index (χ4n) is 2.25. The molecule has 0 aliphatic heterocycles. The lowest BCUT2D eigenvalue weighted by molar-refractivity contribution is -0.118. The molecule has 0 radical (unpaired) electrons. The van der Waals surface area contributed by atoms with Crippen molar-refractivity contribution in [2.24, 2.45) is 0 Å². The van der Waals surface area contributed by atoms with Crippen LogP contribution in [0.15, 0.2) is 34.8 Å². The number of carbonyl (C=O) groups excluding carboxylic acids is 1. The van der Waals surface area contributed by atoms with Crippen LogP contribution in [-0.2, 0) is 4.79 Å². The number of nitrogens with one attached hydrogen (secondary N) is 1. The molecule has 2 aromatic carbocycles. The Morgan fingerprint density at radius 3 is 2.56 bits per heavy atom. The molecule has 6 heteroatoms. The number of aryl methyl sites for hydroxylation is 1. The van der Waals surface area contributed by atoms with Crippen LogP contribution in [0.2, 0.25) is 5.02 Å². The highest BCUT2D eigenvalue weighted by Crippen LogP contribution is 2.31. The number of hydrogen-bond acceptors (Lipinski definition) is 3. The molecule has 134 valence electrons. The SMILES string of the molecule is COc1cc(Cl)c(C)cc1NC(=O)COc1ccc(C(C)C)cc1Br. The van der Waals surface area contributed by atoms with E-state index in [4.69, 9.17) is 21.1 Å². The second-order valence-corrected chi connectivity index (χ2v) is 7.24. The molecule has 4 nitrogen and oxygen atoms in total. The van der Waals surface area contributed by atoms with Crippen molar-refractivity contribution < 1.29 is 14.3 Å². The first-order chi connectivity index (χ1) is 11.8. The largest absolute Gasteiger partial charge is 0.495 e. The zero-order valence-corrected chi connectivity index (χ0v) is 17.0. The van der Waals surface area contributed by atoms with Crippen molar-refractivity contribution in [1.82, 2.24) is 0 Å². The van der Waals surface area contributed by atoms with Gasteiger partial charge >= 0.3 is 0 Å². The number of anilines is 1. The maximum atomic E-state index is 12.2. The number of hydrogen-bond donors (Lipinski definition) is 1. The first-order valence-corrected chi connectivity index (χ1v) is 9.05. The zero-order valence-electron chi connectivity index (χ0n) is 14.7. The second kappa shape index (κ2) is 8.59. The quantitative estimate of drug-likeness (QED) is 0.658. The van der Waals surface area contributed by atoms with Crippen molar-refractivity contribution in [3.8, 4) is 11.5 Å². The Balaban J connectivity index is 2.03. The van der Waals surface area contributed by atoms with E-state index in [-0.39, 0.29) is 12.5 Å². The minimum Gasteiger partial charge on any atom is -0.495 e. The molecule has 1 N–H and O–H groups in total. The molecule has 1 amide bonds. The summed E-state index contributed by atoms with van der Waals surface area (Å²) in [4.78, 5) is 12.2. The molecule has 0 unspecified atom stereocenters. The third-order valence-electron chi connectivity index (χ3n) is 3.74.